The molecule has 1 aliphatic rings. The summed E-state index contributed by atoms with van der Waals surface area (Å²) < 4.78 is 13.1. The summed E-state index contributed by atoms with van der Waals surface area (Å²) in [6, 6.07) is 0.662. The lowest BCUT2D eigenvalue weighted by molar-refractivity contribution is 0.684. The number of hydrogen-bond acceptors (Lipinski definition) is 3. The summed E-state index contributed by atoms with van der Waals surface area (Å²) in [5.41, 5.74) is 0. The third kappa shape index (κ3) is 3.06. The highest BCUT2D eigenvalue weighted by atomic mass is 32.2. The summed E-state index contributed by atoms with van der Waals surface area (Å²) in [4.78, 5) is 4.27. The van der Waals surface area contributed by atoms with Crippen molar-refractivity contribution in [2.24, 2.45) is 0 Å². The lowest BCUT2D eigenvalue weighted by Crippen LogP contribution is -2.10. The first-order valence-electron chi connectivity index (χ1n) is 5.34. The zero-order chi connectivity index (χ0) is 10.7. The van der Waals surface area contributed by atoms with Gasteiger partial charge in [0.2, 0.25) is 5.95 Å². The van der Waals surface area contributed by atoms with Crippen LogP contribution in [0.4, 0.5) is 5.95 Å². The average molecular weight is 227 g/mol. The molecule has 2 rings (SSSR count). The van der Waals surface area contributed by atoms with Gasteiger partial charge >= 0.3 is 0 Å². The van der Waals surface area contributed by atoms with Crippen LogP contribution in [-0.4, -0.2) is 32.3 Å². The van der Waals surface area contributed by atoms with E-state index in [1.807, 2.05) is 12.4 Å². The molecule has 1 aromatic rings. The Morgan fingerprint density at radius 3 is 3.13 bits per heavy atom. The van der Waals surface area contributed by atoms with Crippen LogP contribution < -0.4 is 5.32 Å². The van der Waals surface area contributed by atoms with Crippen LogP contribution in [0.3, 0.4) is 0 Å². The van der Waals surface area contributed by atoms with Crippen molar-refractivity contribution in [2.45, 2.75) is 25.3 Å². The van der Waals surface area contributed by atoms with Gasteiger partial charge in [-0.05, 0) is 19.3 Å². The van der Waals surface area contributed by atoms with Gasteiger partial charge in [-0.1, -0.05) is 0 Å². The lowest BCUT2D eigenvalue weighted by Gasteiger charge is -2.07. The van der Waals surface area contributed by atoms with E-state index in [9.17, 15) is 4.21 Å². The predicted molar refractivity (Wildman–Crippen MR) is 62.5 cm³/mol. The number of nitrogens with zero attached hydrogens (tertiary/aromatic N) is 2. The summed E-state index contributed by atoms with van der Waals surface area (Å²) in [6.07, 6.45) is 9.07. The van der Waals surface area contributed by atoms with Crippen LogP contribution in [0, 0.1) is 0 Å². The van der Waals surface area contributed by atoms with Crippen LogP contribution in [0.15, 0.2) is 12.4 Å². The Bertz CT molecular complexity index is 346. The summed E-state index contributed by atoms with van der Waals surface area (Å²) in [7, 11) is -0.683. The minimum Gasteiger partial charge on any atom is -0.356 e. The maximum Gasteiger partial charge on any atom is 0.203 e. The topological polar surface area (TPSA) is 46.9 Å². The highest BCUT2D eigenvalue weighted by Crippen LogP contribution is 2.36. The Morgan fingerprint density at radius 2 is 2.47 bits per heavy atom. The maximum atomic E-state index is 10.9. The highest BCUT2D eigenvalue weighted by Gasteiger charge is 2.25. The van der Waals surface area contributed by atoms with Gasteiger partial charge in [0.1, 0.15) is 0 Å². The molecular weight excluding hydrogens is 210 g/mol. The zero-order valence-corrected chi connectivity index (χ0v) is 9.80. The molecule has 4 nitrogen and oxygen atoms in total. The van der Waals surface area contributed by atoms with Gasteiger partial charge in [-0.25, -0.2) is 4.98 Å². The number of imidazole rings is 1. The van der Waals surface area contributed by atoms with Gasteiger partial charge in [0.15, 0.2) is 0 Å². The van der Waals surface area contributed by atoms with Crippen molar-refractivity contribution in [1.29, 1.82) is 0 Å². The van der Waals surface area contributed by atoms with Gasteiger partial charge in [0.05, 0.1) is 0 Å². The molecule has 5 heteroatoms. The Balaban J connectivity index is 1.77. The number of hydrogen-bond donors (Lipinski definition) is 1. The number of anilines is 1. The molecule has 1 heterocycles. The van der Waals surface area contributed by atoms with Crippen LogP contribution in [0.25, 0.3) is 0 Å². The molecular formula is C10H17N3OS. The van der Waals surface area contributed by atoms with Gasteiger partial charge in [-0.15, -0.1) is 0 Å². The van der Waals surface area contributed by atoms with Crippen molar-refractivity contribution in [3.05, 3.63) is 12.4 Å². The summed E-state index contributed by atoms with van der Waals surface area (Å²) in [5, 5.41) is 3.29. The summed E-state index contributed by atoms with van der Waals surface area (Å²) >= 11 is 0. The molecule has 0 amide bonds. The lowest BCUT2D eigenvalue weighted by atomic mass is 10.5. The molecule has 0 aliphatic heterocycles. The first kappa shape index (κ1) is 10.7. The minimum absolute atomic E-state index is 0.662. The van der Waals surface area contributed by atoms with E-state index < -0.39 is 10.8 Å². The number of nitrogens with one attached hydrogen (secondary N) is 1. The fourth-order valence-electron chi connectivity index (χ4n) is 1.57. The standard InChI is InChI=1S/C10H17N3OS/c1-15(14)8-2-5-11-10-12-6-7-13(10)9-3-4-9/h6-7,9H,2-5,8H2,1H3,(H,11,12). The van der Waals surface area contributed by atoms with Crippen molar-refractivity contribution in [2.75, 3.05) is 23.9 Å². The van der Waals surface area contributed by atoms with Crippen LogP contribution in [0.5, 0.6) is 0 Å². The molecule has 0 aromatic carbocycles. The predicted octanol–water partition coefficient (Wildman–Crippen LogP) is 1.40. The Hall–Kier alpha value is -0.840. The van der Waals surface area contributed by atoms with Gasteiger partial charge in [-0.2, -0.15) is 0 Å². The van der Waals surface area contributed by atoms with Crippen molar-refractivity contribution < 1.29 is 4.21 Å². The SMILES string of the molecule is CS(=O)CCCNc1nccn1C1CC1. The molecule has 1 aliphatic carbocycles. The van der Waals surface area contributed by atoms with Crippen LogP contribution in [0.2, 0.25) is 0 Å². The van der Waals surface area contributed by atoms with E-state index in [2.05, 4.69) is 14.9 Å². The van der Waals surface area contributed by atoms with E-state index in [1.165, 1.54) is 12.8 Å². The van der Waals surface area contributed by atoms with Crippen LogP contribution >= 0.6 is 0 Å². The van der Waals surface area contributed by atoms with E-state index in [1.54, 1.807) is 6.26 Å². The molecule has 1 unspecified atom stereocenters. The second-order valence-electron chi connectivity index (χ2n) is 3.95. The second kappa shape index (κ2) is 4.79. The average Bonchev–Trinajstić information content (AvgIpc) is 2.93. The third-order valence-electron chi connectivity index (χ3n) is 2.50. The van der Waals surface area contributed by atoms with Crippen LogP contribution in [0.1, 0.15) is 25.3 Å². The van der Waals surface area contributed by atoms with E-state index in [-0.39, 0.29) is 0 Å². The number of aromatic nitrogens is 2. The first-order chi connectivity index (χ1) is 7.27. The van der Waals surface area contributed by atoms with Gasteiger partial charge in [0, 0.05) is 47.8 Å². The summed E-state index contributed by atoms with van der Waals surface area (Å²) in [5.74, 6) is 1.72. The fourth-order valence-corrected chi connectivity index (χ4v) is 2.12. The smallest absolute Gasteiger partial charge is 0.203 e. The molecule has 0 radical (unpaired) electrons. The molecule has 1 N–H and O–H groups in total. The molecule has 84 valence electrons. The quantitative estimate of drug-likeness (QED) is 0.747. The monoisotopic (exact) mass is 227 g/mol. The highest BCUT2D eigenvalue weighted by molar-refractivity contribution is 7.84. The minimum atomic E-state index is -0.683. The van der Waals surface area contributed by atoms with Crippen molar-refractivity contribution in [1.82, 2.24) is 9.55 Å². The van der Waals surface area contributed by atoms with Crippen molar-refractivity contribution in [3.8, 4) is 0 Å². The molecule has 0 spiro atoms. The zero-order valence-electron chi connectivity index (χ0n) is 8.98. The number of rotatable bonds is 6. The molecule has 15 heavy (non-hydrogen) atoms. The summed E-state index contributed by atoms with van der Waals surface area (Å²) in [6.45, 7) is 0.851. The first-order valence-corrected chi connectivity index (χ1v) is 7.07. The van der Waals surface area contributed by atoms with E-state index in [4.69, 9.17) is 0 Å². The Labute approximate surface area is 92.5 Å². The molecule has 0 saturated heterocycles. The molecule has 1 saturated carbocycles. The third-order valence-corrected chi connectivity index (χ3v) is 3.36. The van der Waals surface area contributed by atoms with E-state index in [0.717, 1.165) is 24.7 Å². The fraction of sp³-hybridized carbons (Fsp3) is 0.700. The molecule has 1 aromatic heterocycles. The maximum absolute atomic E-state index is 10.9. The van der Waals surface area contributed by atoms with Crippen LogP contribution in [-0.2, 0) is 10.8 Å². The molecule has 0 bridgehead atoms. The molecule has 1 fully saturated rings. The largest absolute Gasteiger partial charge is 0.356 e. The van der Waals surface area contributed by atoms with Crippen molar-refractivity contribution in [3.63, 3.8) is 0 Å². The second-order valence-corrected chi connectivity index (χ2v) is 5.50. The van der Waals surface area contributed by atoms with Crippen molar-refractivity contribution >= 4 is 16.7 Å². The van der Waals surface area contributed by atoms with Gasteiger partial charge in [0.25, 0.3) is 0 Å². The van der Waals surface area contributed by atoms with Gasteiger partial charge < -0.3 is 9.88 Å². The normalized spacial score (nSPS) is 17.7. The van der Waals surface area contributed by atoms with Gasteiger partial charge in [-0.3, -0.25) is 4.21 Å². The Morgan fingerprint density at radius 1 is 1.67 bits per heavy atom. The van der Waals surface area contributed by atoms with E-state index in [0.29, 0.717) is 6.04 Å². The molecule has 1 atom stereocenters. The van der Waals surface area contributed by atoms with E-state index >= 15 is 0 Å². The Kier molecular flexibility index (Phi) is 3.41.